The number of nitrogens with zero attached hydrogens (tertiary/aromatic N) is 1. The maximum Gasteiger partial charge on any atom is 0.214 e. The van der Waals surface area contributed by atoms with Gasteiger partial charge in [0, 0.05) is 13.1 Å². The average molecular weight is 207 g/mol. The molecule has 0 saturated carbocycles. The molecule has 1 saturated heterocycles. The van der Waals surface area contributed by atoms with Crippen LogP contribution in [0.5, 0.6) is 0 Å². The molecule has 1 fully saturated rings. The summed E-state index contributed by atoms with van der Waals surface area (Å²) in [6.45, 7) is 4.66. The molecule has 5 heteroatoms. The Morgan fingerprint density at radius 3 is 2.62 bits per heavy atom. The number of aliphatic hydroxyl groups excluding tert-OH is 1. The molecule has 0 aromatic carbocycles. The van der Waals surface area contributed by atoms with Crippen molar-refractivity contribution in [2.45, 2.75) is 26.4 Å². The Labute approximate surface area is 79.6 Å². The van der Waals surface area contributed by atoms with Crippen LogP contribution in [0.3, 0.4) is 0 Å². The van der Waals surface area contributed by atoms with Crippen LogP contribution >= 0.6 is 0 Å². The molecule has 78 valence electrons. The maximum absolute atomic E-state index is 11.4. The van der Waals surface area contributed by atoms with E-state index >= 15 is 0 Å². The molecule has 2 atom stereocenters. The minimum Gasteiger partial charge on any atom is -0.393 e. The fourth-order valence-electron chi connectivity index (χ4n) is 1.54. The lowest BCUT2D eigenvalue weighted by Gasteiger charge is -2.14. The Morgan fingerprint density at radius 2 is 2.23 bits per heavy atom. The quantitative estimate of drug-likeness (QED) is 0.711. The van der Waals surface area contributed by atoms with Gasteiger partial charge < -0.3 is 5.11 Å². The number of rotatable bonds is 3. The first-order valence-corrected chi connectivity index (χ1v) is 6.18. The Balaban J connectivity index is 2.51. The zero-order valence-electron chi connectivity index (χ0n) is 8.10. The molecule has 1 rings (SSSR count). The van der Waals surface area contributed by atoms with Crippen LogP contribution in [0.15, 0.2) is 0 Å². The van der Waals surface area contributed by atoms with Crippen molar-refractivity contribution in [3.8, 4) is 0 Å². The van der Waals surface area contributed by atoms with E-state index in [0.717, 1.165) is 0 Å². The second-order valence-electron chi connectivity index (χ2n) is 3.88. The van der Waals surface area contributed by atoms with Crippen LogP contribution < -0.4 is 0 Å². The van der Waals surface area contributed by atoms with Crippen LogP contribution in [-0.4, -0.2) is 42.8 Å². The van der Waals surface area contributed by atoms with E-state index in [1.807, 2.05) is 6.92 Å². The van der Waals surface area contributed by atoms with Crippen LogP contribution in [0.25, 0.3) is 0 Å². The average Bonchev–Trinajstić information content (AvgIpc) is 2.19. The summed E-state index contributed by atoms with van der Waals surface area (Å²) in [6, 6.07) is 0. The van der Waals surface area contributed by atoms with Crippen molar-refractivity contribution in [3.63, 3.8) is 0 Å². The van der Waals surface area contributed by atoms with Crippen LogP contribution in [0, 0.1) is 5.92 Å². The third kappa shape index (κ3) is 2.93. The van der Waals surface area contributed by atoms with E-state index in [0.29, 0.717) is 19.5 Å². The highest BCUT2D eigenvalue weighted by atomic mass is 32.2. The van der Waals surface area contributed by atoms with Gasteiger partial charge in [0.2, 0.25) is 10.0 Å². The maximum atomic E-state index is 11.4. The SMILES string of the molecule is CC(O)CCN1CC(C)CS1(=O)=O. The molecule has 4 nitrogen and oxygen atoms in total. The Hall–Kier alpha value is -0.130. The second-order valence-corrected chi connectivity index (χ2v) is 5.89. The molecule has 1 N–H and O–H groups in total. The summed E-state index contributed by atoms with van der Waals surface area (Å²) >= 11 is 0. The summed E-state index contributed by atoms with van der Waals surface area (Å²) in [4.78, 5) is 0. The lowest BCUT2D eigenvalue weighted by atomic mass is 10.2. The Kier molecular flexibility index (Phi) is 3.32. The van der Waals surface area contributed by atoms with Crippen LogP contribution in [0.1, 0.15) is 20.3 Å². The monoisotopic (exact) mass is 207 g/mol. The first-order chi connectivity index (χ1) is 5.92. The number of hydrogen-bond donors (Lipinski definition) is 1. The Bertz CT molecular complexity index is 261. The van der Waals surface area contributed by atoms with E-state index in [-0.39, 0.29) is 11.7 Å². The summed E-state index contributed by atoms with van der Waals surface area (Å²) in [6.07, 6.45) is 0.0949. The number of aliphatic hydroxyl groups is 1. The van der Waals surface area contributed by atoms with E-state index in [4.69, 9.17) is 5.11 Å². The third-order valence-electron chi connectivity index (χ3n) is 2.20. The fourth-order valence-corrected chi connectivity index (χ4v) is 3.44. The van der Waals surface area contributed by atoms with E-state index in [1.54, 1.807) is 6.92 Å². The normalized spacial score (nSPS) is 30.5. The molecule has 1 heterocycles. The van der Waals surface area contributed by atoms with Crippen molar-refractivity contribution in [3.05, 3.63) is 0 Å². The molecule has 0 radical (unpaired) electrons. The van der Waals surface area contributed by atoms with E-state index in [9.17, 15) is 8.42 Å². The Morgan fingerprint density at radius 1 is 1.62 bits per heavy atom. The van der Waals surface area contributed by atoms with Crippen molar-refractivity contribution in [1.29, 1.82) is 0 Å². The fraction of sp³-hybridized carbons (Fsp3) is 1.00. The van der Waals surface area contributed by atoms with E-state index < -0.39 is 16.1 Å². The zero-order valence-corrected chi connectivity index (χ0v) is 8.92. The summed E-state index contributed by atoms with van der Waals surface area (Å²) in [5, 5.41) is 9.03. The van der Waals surface area contributed by atoms with Crippen molar-refractivity contribution in [2.75, 3.05) is 18.8 Å². The molecule has 0 aliphatic carbocycles. The van der Waals surface area contributed by atoms with Crippen LogP contribution in [0.4, 0.5) is 0 Å². The molecule has 0 bridgehead atoms. The van der Waals surface area contributed by atoms with Crippen molar-refractivity contribution in [1.82, 2.24) is 4.31 Å². The molecule has 0 aromatic heterocycles. The van der Waals surface area contributed by atoms with Gasteiger partial charge in [0.15, 0.2) is 0 Å². The molecular weight excluding hydrogens is 190 g/mol. The number of hydrogen-bond acceptors (Lipinski definition) is 3. The minimum atomic E-state index is -3.01. The minimum absolute atomic E-state index is 0.221. The highest BCUT2D eigenvalue weighted by molar-refractivity contribution is 7.89. The van der Waals surface area contributed by atoms with Crippen molar-refractivity contribution < 1.29 is 13.5 Å². The van der Waals surface area contributed by atoms with Gasteiger partial charge >= 0.3 is 0 Å². The van der Waals surface area contributed by atoms with Crippen molar-refractivity contribution >= 4 is 10.0 Å². The van der Waals surface area contributed by atoms with Gasteiger partial charge in [-0.3, -0.25) is 0 Å². The van der Waals surface area contributed by atoms with Gasteiger partial charge in [-0.15, -0.1) is 0 Å². The zero-order chi connectivity index (χ0) is 10.1. The summed E-state index contributed by atoms with van der Waals surface area (Å²) in [5.41, 5.74) is 0. The summed E-state index contributed by atoms with van der Waals surface area (Å²) < 4.78 is 24.3. The largest absolute Gasteiger partial charge is 0.393 e. The van der Waals surface area contributed by atoms with Crippen molar-refractivity contribution in [2.24, 2.45) is 5.92 Å². The molecule has 1 aliphatic heterocycles. The first-order valence-electron chi connectivity index (χ1n) is 4.57. The molecule has 2 unspecified atom stereocenters. The first kappa shape index (κ1) is 10.9. The second kappa shape index (κ2) is 3.94. The predicted molar refractivity (Wildman–Crippen MR) is 50.8 cm³/mol. The van der Waals surface area contributed by atoms with Gasteiger partial charge in [0.1, 0.15) is 0 Å². The predicted octanol–water partition coefficient (Wildman–Crippen LogP) is 0.0388. The molecule has 0 spiro atoms. The highest BCUT2D eigenvalue weighted by Gasteiger charge is 2.32. The lowest BCUT2D eigenvalue weighted by molar-refractivity contribution is 0.174. The number of sulfonamides is 1. The third-order valence-corrected chi connectivity index (χ3v) is 4.31. The molecule has 1 aliphatic rings. The van der Waals surface area contributed by atoms with Crippen LogP contribution in [-0.2, 0) is 10.0 Å². The van der Waals surface area contributed by atoms with Crippen LogP contribution in [0.2, 0.25) is 0 Å². The standard InChI is InChI=1S/C8H17NO3S/c1-7-5-9(4-3-8(2)10)13(11,12)6-7/h7-8,10H,3-6H2,1-2H3. The smallest absolute Gasteiger partial charge is 0.214 e. The van der Waals surface area contributed by atoms with Gasteiger partial charge in [0.05, 0.1) is 11.9 Å². The van der Waals surface area contributed by atoms with Gasteiger partial charge in [-0.25, -0.2) is 12.7 Å². The summed E-state index contributed by atoms with van der Waals surface area (Å²) in [5.74, 6) is 0.478. The topological polar surface area (TPSA) is 57.6 Å². The molecule has 0 aromatic rings. The van der Waals surface area contributed by atoms with Gasteiger partial charge in [-0.1, -0.05) is 6.92 Å². The lowest BCUT2D eigenvalue weighted by Crippen LogP contribution is -2.28. The molecule has 0 amide bonds. The van der Waals surface area contributed by atoms with Gasteiger partial charge in [0.25, 0.3) is 0 Å². The van der Waals surface area contributed by atoms with E-state index in [1.165, 1.54) is 4.31 Å². The molecular formula is C8H17NO3S. The highest BCUT2D eigenvalue weighted by Crippen LogP contribution is 2.19. The van der Waals surface area contributed by atoms with Gasteiger partial charge in [-0.2, -0.15) is 0 Å². The molecule has 13 heavy (non-hydrogen) atoms. The van der Waals surface area contributed by atoms with Gasteiger partial charge in [-0.05, 0) is 19.3 Å². The summed E-state index contributed by atoms with van der Waals surface area (Å²) in [7, 11) is -3.01. The van der Waals surface area contributed by atoms with E-state index in [2.05, 4.69) is 0 Å².